The molecule has 0 aromatic carbocycles. The standard InChI is InChI=1S/C21H27N5O3/c1-12-11-26(14-8-21(2,3)9-15(27)17(12)14)16-10-23-18(19(22)28)20(25-16)24-13-4-6-29-7-5-13/h10-11,13H,4-9H2,1-3H3,(H2,22,28)(H,24,25). The minimum Gasteiger partial charge on any atom is -0.381 e. The first-order valence-electron chi connectivity index (χ1n) is 10.0. The van der Waals surface area contributed by atoms with Gasteiger partial charge in [-0.15, -0.1) is 0 Å². The van der Waals surface area contributed by atoms with Crippen molar-refractivity contribution in [3.63, 3.8) is 0 Å². The Morgan fingerprint density at radius 1 is 1.31 bits per heavy atom. The zero-order chi connectivity index (χ0) is 20.8. The van der Waals surface area contributed by atoms with E-state index in [0.29, 0.717) is 31.3 Å². The molecule has 0 saturated carbocycles. The Bertz CT molecular complexity index is 973. The van der Waals surface area contributed by atoms with Crippen LogP contribution in [0.1, 0.15) is 65.2 Å². The van der Waals surface area contributed by atoms with E-state index in [1.807, 2.05) is 17.7 Å². The molecular formula is C21H27N5O3. The molecule has 2 aliphatic rings. The van der Waals surface area contributed by atoms with E-state index in [1.54, 1.807) is 6.20 Å². The second-order valence-corrected chi connectivity index (χ2v) is 8.77. The first kappa shape index (κ1) is 19.6. The predicted octanol–water partition coefficient (Wildman–Crippen LogP) is 2.42. The smallest absolute Gasteiger partial charge is 0.271 e. The molecule has 3 heterocycles. The van der Waals surface area contributed by atoms with Gasteiger partial charge < -0.3 is 20.4 Å². The van der Waals surface area contributed by atoms with E-state index in [4.69, 9.17) is 10.5 Å². The molecule has 0 bridgehead atoms. The second kappa shape index (κ2) is 7.26. The maximum absolute atomic E-state index is 12.7. The van der Waals surface area contributed by atoms with E-state index in [1.165, 1.54) is 0 Å². The number of Topliss-reactive ketones (excluding diaryl/α,β-unsaturated/α-hetero) is 1. The van der Waals surface area contributed by atoms with Crippen molar-refractivity contribution >= 4 is 17.5 Å². The molecule has 29 heavy (non-hydrogen) atoms. The topological polar surface area (TPSA) is 112 Å². The average molecular weight is 397 g/mol. The van der Waals surface area contributed by atoms with Gasteiger partial charge in [0.2, 0.25) is 0 Å². The van der Waals surface area contributed by atoms with Gasteiger partial charge in [-0.25, -0.2) is 9.97 Å². The summed E-state index contributed by atoms with van der Waals surface area (Å²) in [6.07, 6.45) is 6.42. The maximum Gasteiger partial charge on any atom is 0.271 e. The van der Waals surface area contributed by atoms with E-state index in [2.05, 4.69) is 29.1 Å². The molecule has 4 rings (SSSR count). The fraction of sp³-hybridized carbons (Fsp3) is 0.524. The van der Waals surface area contributed by atoms with Crippen molar-refractivity contribution in [1.29, 1.82) is 0 Å². The molecule has 0 spiro atoms. The molecule has 2 aromatic rings. The summed E-state index contributed by atoms with van der Waals surface area (Å²) in [5.74, 6) is 0.484. The number of carbonyl (C=O) groups excluding carboxylic acids is 2. The number of nitrogens with zero attached hydrogens (tertiary/aromatic N) is 3. The molecule has 1 aliphatic carbocycles. The first-order chi connectivity index (χ1) is 13.7. The molecule has 0 unspecified atom stereocenters. The van der Waals surface area contributed by atoms with Crippen LogP contribution in [0.15, 0.2) is 12.4 Å². The summed E-state index contributed by atoms with van der Waals surface area (Å²) in [5.41, 5.74) is 8.18. The monoisotopic (exact) mass is 397 g/mol. The highest BCUT2D eigenvalue weighted by molar-refractivity contribution is 6.00. The van der Waals surface area contributed by atoms with Crippen LogP contribution in [0.4, 0.5) is 5.82 Å². The SMILES string of the molecule is Cc1cn(-c2cnc(C(N)=O)c(NC3CCOCC3)n2)c2c1C(=O)CC(C)(C)C2. The van der Waals surface area contributed by atoms with Crippen molar-refractivity contribution < 1.29 is 14.3 Å². The Kier molecular flexibility index (Phi) is 4.90. The first-order valence-corrected chi connectivity index (χ1v) is 10.0. The molecule has 3 N–H and O–H groups in total. The van der Waals surface area contributed by atoms with E-state index in [0.717, 1.165) is 36.1 Å². The number of ketones is 1. The summed E-state index contributed by atoms with van der Waals surface area (Å²) < 4.78 is 7.33. The molecule has 1 aliphatic heterocycles. The van der Waals surface area contributed by atoms with E-state index in [-0.39, 0.29) is 22.9 Å². The molecule has 0 atom stereocenters. The van der Waals surface area contributed by atoms with E-state index in [9.17, 15) is 9.59 Å². The number of ether oxygens (including phenoxy) is 1. The van der Waals surface area contributed by atoms with Crippen LogP contribution in [0.5, 0.6) is 0 Å². The van der Waals surface area contributed by atoms with Gasteiger partial charge in [-0.1, -0.05) is 13.8 Å². The molecule has 1 amide bonds. The molecule has 8 heteroatoms. The molecule has 8 nitrogen and oxygen atoms in total. The number of rotatable bonds is 4. The number of hydrogen-bond donors (Lipinski definition) is 2. The zero-order valence-corrected chi connectivity index (χ0v) is 17.1. The number of aromatic nitrogens is 3. The lowest BCUT2D eigenvalue weighted by Gasteiger charge is -2.30. The highest BCUT2D eigenvalue weighted by Gasteiger charge is 2.35. The van der Waals surface area contributed by atoms with Crippen molar-refractivity contribution in [2.75, 3.05) is 18.5 Å². The molecule has 0 radical (unpaired) electrons. The van der Waals surface area contributed by atoms with E-state index >= 15 is 0 Å². The van der Waals surface area contributed by atoms with Crippen molar-refractivity contribution in [3.8, 4) is 5.82 Å². The van der Waals surface area contributed by atoms with Crippen LogP contribution >= 0.6 is 0 Å². The van der Waals surface area contributed by atoms with Gasteiger partial charge >= 0.3 is 0 Å². The lowest BCUT2D eigenvalue weighted by molar-refractivity contribution is 0.0901. The van der Waals surface area contributed by atoms with Crippen LogP contribution in [0.3, 0.4) is 0 Å². The number of aryl methyl sites for hydroxylation is 1. The van der Waals surface area contributed by atoms with Gasteiger partial charge in [0.1, 0.15) is 0 Å². The lowest BCUT2D eigenvalue weighted by atomic mass is 9.75. The quantitative estimate of drug-likeness (QED) is 0.819. The van der Waals surface area contributed by atoms with Gasteiger partial charge in [-0.05, 0) is 37.2 Å². The molecule has 154 valence electrons. The van der Waals surface area contributed by atoms with Crippen LogP contribution in [0, 0.1) is 12.3 Å². The third kappa shape index (κ3) is 3.76. The van der Waals surface area contributed by atoms with Crippen LogP contribution in [0.2, 0.25) is 0 Å². The Labute approximate surface area is 169 Å². The largest absolute Gasteiger partial charge is 0.381 e. The zero-order valence-electron chi connectivity index (χ0n) is 17.1. The third-order valence-corrected chi connectivity index (χ3v) is 5.66. The van der Waals surface area contributed by atoms with Gasteiger partial charge in [0.25, 0.3) is 5.91 Å². The summed E-state index contributed by atoms with van der Waals surface area (Å²) in [4.78, 5) is 33.6. The van der Waals surface area contributed by atoms with Crippen LogP contribution < -0.4 is 11.1 Å². The van der Waals surface area contributed by atoms with Gasteiger partial charge in [0.15, 0.2) is 23.1 Å². The Morgan fingerprint density at radius 3 is 2.72 bits per heavy atom. The second-order valence-electron chi connectivity index (χ2n) is 8.77. The number of hydrogen-bond acceptors (Lipinski definition) is 6. The normalized spacial score (nSPS) is 19.1. The maximum atomic E-state index is 12.7. The van der Waals surface area contributed by atoms with Gasteiger partial charge in [0, 0.05) is 43.1 Å². The third-order valence-electron chi connectivity index (χ3n) is 5.66. The summed E-state index contributed by atoms with van der Waals surface area (Å²) in [6, 6.07) is 0.146. The Balaban J connectivity index is 1.76. The fourth-order valence-electron chi connectivity index (χ4n) is 4.29. The lowest BCUT2D eigenvalue weighted by Crippen LogP contribution is -2.30. The number of primary amides is 1. The minimum atomic E-state index is -0.624. The number of carbonyl (C=O) groups is 2. The summed E-state index contributed by atoms with van der Waals surface area (Å²) >= 11 is 0. The Morgan fingerprint density at radius 2 is 2.03 bits per heavy atom. The minimum absolute atomic E-state index is 0.115. The summed E-state index contributed by atoms with van der Waals surface area (Å²) in [6.45, 7) is 7.47. The summed E-state index contributed by atoms with van der Waals surface area (Å²) in [5, 5.41) is 3.32. The van der Waals surface area contributed by atoms with E-state index < -0.39 is 5.91 Å². The van der Waals surface area contributed by atoms with Crippen LogP contribution in [-0.2, 0) is 11.2 Å². The number of fused-ring (bicyclic) bond motifs is 1. The van der Waals surface area contributed by atoms with Gasteiger partial charge in [-0.2, -0.15) is 0 Å². The average Bonchev–Trinajstić information content (AvgIpc) is 2.97. The Hall–Kier alpha value is -2.74. The van der Waals surface area contributed by atoms with Crippen molar-refractivity contribution in [2.24, 2.45) is 11.1 Å². The summed E-state index contributed by atoms with van der Waals surface area (Å²) in [7, 11) is 0. The predicted molar refractivity (Wildman–Crippen MR) is 109 cm³/mol. The highest BCUT2D eigenvalue weighted by Crippen LogP contribution is 2.37. The molecule has 2 aromatic heterocycles. The van der Waals surface area contributed by atoms with Crippen LogP contribution in [0.25, 0.3) is 5.82 Å². The highest BCUT2D eigenvalue weighted by atomic mass is 16.5. The van der Waals surface area contributed by atoms with Gasteiger partial charge in [-0.3, -0.25) is 9.59 Å². The number of anilines is 1. The van der Waals surface area contributed by atoms with Gasteiger partial charge in [0.05, 0.1) is 6.20 Å². The van der Waals surface area contributed by atoms with Crippen molar-refractivity contribution in [3.05, 3.63) is 34.9 Å². The fourth-order valence-corrected chi connectivity index (χ4v) is 4.29. The molecular weight excluding hydrogens is 370 g/mol. The molecule has 1 saturated heterocycles. The van der Waals surface area contributed by atoms with Crippen LogP contribution in [-0.4, -0.2) is 45.5 Å². The number of nitrogens with two attached hydrogens (primary N) is 1. The number of amides is 1. The molecule has 1 fully saturated rings. The van der Waals surface area contributed by atoms with Crippen molar-refractivity contribution in [2.45, 2.75) is 52.5 Å². The number of nitrogens with one attached hydrogen (secondary N) is 1. The van der Waals surface area contributed by atoms with Crippen molar-refractivity contribution in [1.82, 2.24) is 14.5 Å².